The number of anilines is 1. The summed E-state index contributed by atoms with van der Waals surface area (Å²) in [6, 6.07) is 6.94. The Kier molecular flexibility index (Phi) is 6.94. The van der Waals surface area contributed by atoms with Crippen LogP contribution in [-0.4, -0.2) is 52.8 Å². The van der Waals surface area contributed by atoms with E-state index in [2.05, 4.69) is 47.9 Å². The number of halogens is 1. The molecule has 0 bridgehead atoms. The summed E-state index contributed by atoms with van der Waals surface area (Å²) >= 11 is 6.17. The maximum absolute atomic E-state index is 13.0. The molecule has 1 aliphatic carbocycles. The molecule has 1 amide bonds. The van der Waals surface area contributed by atoms with Crippen LogP contribution in [0.5, 0.6) is 5.75 Å². The van der Waals surface area contributed by atoms with E-state index in [-0.39, 0.29) is 41.2 Å². The second-order valence-corrected chi connectivity index (χ2v) is 11.1. The van der Waals surface area contributed by atoms with E-state index in [0.717, 1.165) is 31.7 Å². The van der Waals surface area contributed by atoms with Gasteiger partial charge in [-0.1, -0.05) is 39.3 Å². The van der Waals surface area contributed by atoms with Crippen molar-refractivity contribution in [1.29, 1.82) is 5.26 Å². The van der Waals surface area contributed by atoms with Gasteiger partial charge in [0.25, 0.3) is 5.91 Å². The number of nitrogens with one attached hydrogen (secondary N) is 1. The minimum atomic E-state index is -0.357. The second-order valence-electron chi connectivity index (χ2n) is 10.7. The summed E-state index contributed by atoms with van der Waals surface area (Å²) in [6.45, 7) is 10.1. The number of nitriles is 1. The Morgan fingerprint density at radius 3 is 2.46 bits per heavy atom. The topological polar surface area (TPSA) is 111 Å². The molecule has 1 saturated heterocycles. The Bertz CT molecular complexity index is 1100. The average Bonchev–Trinajstić information content (AvgIpc) is 2.85. The summed E-state index contributed by atoms with van der Waals surface area (Å²) in [7, 11) is 0. The summed E-state index contributed by atoms with van der Waals surface area (Å²) in [4.78, 5) is 24.0. The monoisotopic (exact) mass is 497 g/mol. The van der Waals surface area contributed by atoms with Crippen LogP contribution in [0.25, 0.3) is 0 Å². The number of aromatic nitrogens is 2. The quantitative estimate of drug-likeness (QED) is 0.623. The first kappa shape index (κ1) is 25.2. The van der Waals surface area contributed by atoms with Crippen molar-refractivity contribution in [2.45, 2.75) is 52.7 Å². The van der Waals surface area contributed by atoms with E-state index < -0.39 is 0 Å². The Morgan fingerprint density at radius 2 is 1.91 bits per heavy atom. The Hall–Kier alpha value is -2.89. The standard InChI is InChI=1S/C26H32ClN5O3/c1-25(2)23(26(3,4)24(25)35-18-6-5-17(12-28)19(27)11-18)31-22(34)20-13-30-21(14-29-20)32-9-7-16(15-33)8-10-32/h5-6,11,13-14,16,23-24,33H,7-10,15H2,1-4H3,(H,31,34). The largest absolute Gasteiger partial charge is 0.489 e. The zero-order chi connectivity index (χ0) is 25.4. The molecule has 1 aromatic carbocycles. The van der Waals surface area contributed by atoms with Crippen LogP contribution in [0, 0.1) is 28.1 Å². The fraction of sp³-hybridized carbons (Fsp3) is 0.538. The van der Waals surface area contributed by atoms with Gasteiger partial charge in [0.1, 0.15) is 29.4 Å². The number of hydrogen-bond acceptors (Lipinski definition) is 7. The molecule has 35 heavy (non-hydrogen) atoms. The number of aliphatic hydroxyl groups is 1. The normalized spacial score (nSPS) is 23.2. The van der Waals surface area contributed by atoms with E-state index in [9.17, 15) is 9.90 Å². The first-order chi connectivity index (χ1) is 16.6. The van der Waals surface area contributed by atoms with Crippen molar-refractivity contribution in [3.63, 3.8) is 0 Å². The molecule has 186 valence electrons. The SMILES string of the molecule is CC1(C)C(NC(=O)c2cnc(N3CCC(CO)CC3)cn2)C(C)(C)C1Oc1ccc(C#N)c(Cl)c1. The zero-order valence-electron chi connectivity index (χ0n) is 20.6. The zero-order valence-corrected chi connectivity index (χ0v) is 21.3. The van der Waals surface area contributed by atoms with Crippen molar-refractivity contribution in [2.24, 2.45) is 16.7 Å². The van der Waals surface area contributed by atoms with Gasteiger partial charge in [-0.3, -0.25) is 4.79 Å². The molecule has 2 heterocycles. The highest BCUT2D eigenvalue weighted by atomic mass is 35.5. The van der Waals surface area contributed by atoms with Gasteiger partial charge in [0.2, 0.25) is 0 Å². The number of nitrogens with zero attached hydrogens (tertiary/aromatic N) is 4. The molecule has 1 saturated carbocycles. The number of carbonyl (C=O) groups is 1. The Labute approximate surface area is 211 Å². The third-order valence-electron chi connectivity index (χ3n) is 7.50. The highest BCUT2D eigenvalue weighted by molar-refractivity contribution is 6.31. The van der Waals surface area contributed by atoms with E-state index in [0.29, 0.717) is 22.3 Å². The fourth-order valence-corrected chi connectivity index (χ4v) is 5.96. The van der Waals surface area contributed by atoms with Gasteiger partial charge >= 0.3 is 0 Å². The molecule has 2 aromatic rings. The molecule has 4 rings (SSSR count). The lowest BCUT2D eigenvalue weighted by Gasteiger charge is -2.63. The summed E-state index contributed by atoms with van der Waals surface area (Å²) in [5.74, 6) is 1.42. The minimum absolute atomic E-state index is 0.152. The highest BCUT2D eigenvalue weighted by Crippen LogP contribution is 2.55. The number of rotatable bonds is 6. The molecule has 0 radical (unpaired) electrons. The fourth-order valence-electron chi connectivity index (χ4n) is 5.75. The van der Waals surface area contributed by atoms with Crippen molar-refractivity contribution < 1.29 is 14.6 Å². The lowest BCUT2D eigenvalue weighted by atomic mass is 9.49. The van der Waals surface area contributed by atoms with Gasteiger partial charge in [-0.05, 0) is 30.9 Å². The predicted molar refractivity (Wildman–Crippen MR) is 133 cm³/mol. The number of carbonyl (C=O) groups excluding carboxylic acids is 1. The van der Waals surface area contributed by atoms with Crippen molar-refractivity contribution in [1.82, 2.24) is 15.3 Å². The van der Waals surface area contributed by atoms with Crippen LogP contribution >= 0.6 is 11.6 Å². The molecule has 0 unspecified atom stereocenters. The third-order valence-corrected chi connectivity index (χ3v) is 7.81. The van der Waals surface area contributed by atoms with Crippen molar-refractivity contribution in [3.8, 4) is 11.8 Å². The lowest BCUT2D eigenvalue weighted by Crippen LogP contribution is -2.74. The molecule has 2 N–H and O–H groups in total. The molecule has 0 spiro atoms. The van der Waals surface area contributed by atoms with Gasteiger partial charge in [-0.15, -0.1) is 0 Å². The minimum Gasteiger partial charge on any atom is -0.489 e. The predicted octanol–water partition coefficient (Wildman–Crippen LogP) is 3.82. The van der Waals surface area contributed by atoms with Crippen molar-refractivity contribution in [2.75, 3.05) is 24.6 Å². The number of ether oxygens (including phenoxy) is 1. The maximum Gasteiger partial charge on any atom is 0.271 e. The van der Waals surface area contributed by atoms with E-state index >= 15 is 0 Å². The van der Waals surface area contributed by atoms with Crippen molar-refractivity contribution >= 4 is 23.3 Å². The van der Waals surface area contributed by atoms with Crippen LogP contribution < -0.4 is 15.0 Å². The summed E-state index contributed by atoms with van der Waals surface area (Å²) in [5.41, 5.74) is -0.0413. The molecule has 2 fully saturated rings. The van der Waals surface area contributed by atoms with Crippen LogP contribution in [0.15, 0.2) is 30.6 Å². The van der Waals surface area contributed by atoms with Gasteiger partial charge in [-0.25, -0.2) is 9.97 Å². The van der Waals surface area contributed by atoms with Gasteiger partial charge in [0.05, 0.1) is 23.0 Å². The van der Waals surface area contributed by atoms with Crippen LogP contribution in [0.4, 0.5) is 5.82 Å². The van der Waals surface area contributed by atoms with E-state index in [1.54, 1.807) is 24.4 Å². The second kappa shape index (κ2) is 9.63. The van der Waals surface area contributed by atoms with Crippen LogP contribution in [0.1, 0.15) is 56.6 Å². The molecular weight excluding hydrogens is 466 g/mol. The first-order valence-electron chi connectivity index (χ1n) is 11.9. The van der Waals surface area contributed by atoms with Crippen LogP contribution in [0.3, 0.4) is 0 Å². The third kappa shape index (κ3) is 4.80. The van der Waals surface area contributed by atoms with Gasteiger partial charge < -0.3 is 20.1 Å². The summed E-state index contributed by atoms with van der Waals surface area (Å²) in [5, 5.41) is 21.9. The molecule has 2 aliphatic rings. The first-order valence-corrected chi connectivity index (χ1v) is 12.3. The molecule has 1 aliphatic heterocycles. The summed E-state index contributed by atoms with van der Waals surface area (Å²) < 4.78 is 6.28. The number of hydrogen-bond donors (Lipinski definition) is 2. The molecule has 9 heteroatoms. The van der Waals surface area contributed by atoms with Crippen molar-refractivity contribution in [3.05, 3.63) is 46.9 Å². The van der Waals surface area contributed by atoms with Gasteiger partial charge in [0.15, 0.2) is 0 Å². The van der Waals surface area contributed by atoms with E-state index in [4.69, 9.17) is 21.6 Å². The Morgan fingerprint density at radius 1 is 1.23 bits per heavy atom. The van der Waals surface area contributed by atoms with E-state index in [1.807, 2.05) is 6.07 Å². The molecule has 1 aromatic heterocycles. The number of aliphatic hydroxyl groups excluding tert-OH is 1. The van der Waals surface area contributed by atoms with Crippen LogP contribution in [-0.2, 0) is 0 Å². The van der Waals surface area contributed by atoms with Gasteiger partial charge in [0, 0.05) is 42.6 Å². The molecule has 0 atom stereocenters. The average molecular weight is 498 g/mol. The molecule has 8 nitrogen and oxygen atoms in total. The maximum atomic E-state index is 13.0. The van der Waals surface area contributed by atoms with Crippen LogP contribution in [0.2, 0.25) is 5.02 Å². The summed E-state index contributed by atoms with van der Waals surface area (Å²) in [6.07, 6.45) is 4.83. The number of piperidine rings is 1. The Balaban J connectivity index is 1.40. The molecular formula is C26H32ClN5O3. The smallest absolute Gasteiger partial charge is 0.271 e. The highest BCUT2D eigenvalue weighted by Gasteiger charge is 2.64. The van der Waals surface area contributed by atoms with Gasteiger partial charge in [-0.2, -0.15) is 5.26 Å². The number of benzene rings is 1. The lowest BCUT2D eigenvalue weighted by molar-refractivity contribution is -0.164. The number of amides is 1. The van der Waals surface area contributed by atoms with E-state index in [1.165, 1.54) is 6.20 Å².